The summed E-state index contributed by atoms with van der Waals surface area (Å²) in [6, 6.07) is 24.6. The Morgan fingerprint density at radius 1 is 0.631 bits per heavy atom. The molecule has 0 atom stereocenters. The van der Waals surface area contributed by atoms with E-state index in [0.717, 1.165) is 12.1 Å². The number of nitrogens with two attached hydrogens (primary N) is 3. The van der Waals surface area contributed by atoms with Crippen LogP contribution < -0.4 is 27.4 Å². The topological polar surface area (TPSA) is 506 Å². The summed E-state index contributed by atoms with van der Waals surface area (Å²) in [6.45, 7) is 1.18. The molecule has 0 unspecified atom stereocenters. The molecule has 8 rings (SSSR count). The minimum absolute atomic E-state index is 0.00141. The molecule has 0 aliphatic rings. The average molecular weight is 1300 g/mol. The Labute approximate surface area is 488 Å². The van der Waals surface area contributed by atoms with E-state index >= 15 is 0 Å². The highest BCUT2D eigenvalue weighted by Crippen LogP contribution is 2.44. The van der Waals surface area contributed by atoms with Crippen molar-refractivity contribution < 1.29 is 91.0 Å². The summed E-state index contributed by atoms with van der Waals surface area (Å²) < 4.78 is 136. The highest BCUT2D eigenvalue weighted by Gasteiger charge is 2.23. The normalized spacial score (nSPS) is 12.3. The Hall–Kier alpha value is -7.74. The minimum Gasteiger partial charge on any atom is -0.507 e. The monoisotopic (exact) mass is 1300 g/mol. The smallest absolute Gasteiger partial charge is 0.397 e. The van der Waals surface area contributed by atoms with Crippen LogP contribution in [0.25, 0.3) is 21.5 Å². The number of aromatic hydroxyl groups is 2. The number of sulfone groups is 1. The number of phenolic OH excluding ortho intramolecular Hbond substituents is 2. The van der Waals surface area contributed by atoms with Crippen molar-refractivity contribution in [3.63, 3.8) is 0 Å². The molecule has 0 spiro atoms. The van der Waals surface area contributed by atoms with Crippen LogP contribution in [0.5, 0.6) is 11.5 Å². The molecular formula is C45H41ClN12O20S6. The van der Waals surface area contributed by atoms with E-state index in [1.165, 1.54) is 77.7 Å². The second-order valence-electron chi connectivity index (χ2n) is 16.5. The molecule has 32 nitrogen and oxygen atoms in total. The Balaban J connectivity index is 0.000000292. The van der Waals surface area contributed by atoms with Gasteiger partial charge in [-0.15, -0.1) is 29.1 Å². The van der Waals surface area contributed by atoms with Crippen LogP contribution in [-0.4, -0.2) is 102 Å². The molecular weight excluding hydrogens is 1260 g/mol. The van der Waals surface area contributed by atoms with Gasteiger partial charge in [0.1, 0.15) is 44.0 Å². The van der Waals surface area contributed by atoms with Gasteiger partial charge >= 0.3 is 10.4 Å². The zero-order chi connectivity index (χ0) is 61.3. The van der Waals surface area contributed by atoms with Gasteiger partial charge in [-0.2, -0.15) is 40.2 Å². The van der Waals surface area contributed by atoms with Crippen LogP contribution in [0.3, 0.4) is 0 Å². The third-order valence-corrected chi connectivity index (χ3v) is 16.2. The maximum absolute atomic E-state index is 12.6. The predicted molar refractivity (Wildman–Crippen MR) is 303 cm³/mol. The van der Waals surface area contributed by atoms with Crippen LogP contribution >= 0.6 is 35.7 Å². The molecule has 7 aromatic carbocycles. The van der Waals surface area contributed by atoms with Gasteiger partial charge in [-0.3, -0.25) is 13.7 Å². The Kier molecular flexibility index (Phi) is 20.4. The molecule has 0 saturated carbocycles. The lowest BCUT2D eigenvalue weighted by Crippen LogP contribution is -2.20. The zero-order valence-electron chi connectivity index (χ0n) is 42.1. The molecule has 0 radical (unpaired) electrons. The van der Waals surface area contributed by atoms with Gasteiger partial charge in [-0.1, -0.05) is 22.2 Å². The molecule has 0 aliphatic heterocycles. The van der Waals surface area contributed by atoms with Gasteiger partial charge < -0.3 is 37.6 Å². The van der Waals surface area contributed by atoms with Crippen molar-refractivity contribution in [3.8, 4) is 11.5 Å². The van der Waals surface area contributed by atoms with E-state index < -0.39 is 62.6 Å². The number of phenols is 2. The Morgan fingerprint density at radius 3 is 1.63 bits per heavy atom. The summed E-state index contributed by atoms with van der Waals surface area (Å²) in [5, 5.41) is 64.6. The molecule has 444 valence electrons. The van der Waals surface area contributed by atoms with E-state index in [1.54, 1.807) is 31.2 Å². The number of anilines is 7. The first-order valence-corrected chi connectivity index (χ1v) is 30.5. The van der Waals surface area contributed by atoms with Gasteiger partial charge in [0.2, 0.25) is 17.2 Å². The van der Waals surface area contributed by atoms with Crippen molar-refractivity contribution in [1.29, 1.82) is 0 Å². The van der Waals surface area contributed by atoms with Crippen LogP contribution in [0.15, 0.2) is 154 Å². The maximum atomic E-state index is 12.6. The lowest BCUT2D eigenvalue weighted by atomic mass is 10.1. The number of halogens is 1. The maximum Gasteiger partial charge on any atom is 0.397 e. The summed E-state index contributed by atoms with van der Waals surface area (Å²) in [7, 11) is -18.3. The molecule has 8 aromatic rings. The molecule has 1 aromatic heterocycles. The summed E-state index contributed by atoms with van der Waals surface area (Å²) in [5.74, 6) is -1.41. The number of fused-ring (bicyclic) bond motifs is 2. The van der Waals surface area contributed by atoms with E-state index in [-0.39, 0.29) is 96.4 Å². The third kappa shape index (κ3) is 16.3. The number of aromatic nitrogens is 3. The van der Waals surface area contributed by atoms with Gasteiger partial charge in [0.15, 0.2) is 9.84 Å². The number of benzene rings is 7. The first-order valence-electron chi connectivity index (χ1n) is 22.7. The Morgan fingerprint density at radius 2 is 1.14 bits per heavy atom. The van der Waals surface area contributed by atoms with Gasteiger partial charge in [0.05, 0.1) is 63.5 Å². The molecule has 0 fully saturated rings. The van der Waals surface area contributed by atoms with Crippen molar-refractivity contribution in [2.45, 2.75) is 31.4 Å². The summed E-state index contributed by atoms with van der Waals surface area (Å²) in [5.41, 5.74) is 18.0. The number of nitrogens with one attached hydrogen (secondary N) is 1. The van der Waals surface area contributed by atoms with Crippen molar-refractivity contribution in [3.05, 3.63) is 114 Å². The fourth-order valence-electron chi connectivity index (χ4n) is 7.44. The summed E-state index contributed by atoms with van der Waals surface area (Å²) in [6.07, 6.45) is 0. The first-order chi connectivity index (χ1) is 39.6. The quantitative estimate of drug-likeness (QED) is 0.00751. The van der Waals surface area contributed by atoms with Crippen molar-refractivity contribution in [2.24, 2.45) is 20.5 Å². The number of azo groups is 2. The van der Waals surface area contributed by atoms with E-state index in [2.05, 4.69) is 63.7 Å². The third-order valence-electron chi connectivity index (χ3n) is 11.0. The molecule has 39 heteroatoms. The average Bonchev–Trinajstić information content (AvgIpc) is 3.63. The SMILES string of the molecule is CCN(c1ccc(S(=O)(=O)CCOS(=O)(=O)O)cc1)c1nc(Cl)nc(Nc2ccc(N=Nc3c(N)ccc4cc(SOOO)cc(O)c34)c(S(=O)(=O)O)c2)n1.Nc1ccc(N=Nc2c(N)ccc3cc(SOOO)cc(O)c23)c(S(=O)(=O)O)c1. The summed E-state index contributed by atoms with van der Waals surface area (Å²) in [4.78, 5) is 13.4. The van der Waals surface area contributed by atoms with Crippen LogP contribution in [0.2, 0.25) is 5.28 Å². The lowest BCUT2D eigenvalue weighted by Gasteiger charge is -2.21. The molecule has 0 aliphatic carbocycles. The van der Waals surface area contributed by atoms with E-state index in [0.29, 0.717) is 50.3 Å². The van der Waals surface area contributed by atoms with Gasteiger partial charge in [0, 0.05) is 33.4 Å². The van der Waals surface area contributed by atoms with Gasteiger partial charge in [-0.05, 0) is 126 Å². The number of nitrogen functional groups attached to an aromatic ring is 3. The second kappa shape index (κ2) is 26.9. The van der Waals surface area contributed by atoms with Crippen LogP contribution in [0, 0.1) is 0 Å². The Bertz CT molecular complexity index is 4330. The number of hydrogen-bond acceptors (Lipinski definition) is 31. The van der Waals surface area contributed by atoms with Crippen molar-refractivity contribution in [1.82, 2.24) is 15.0 Å². The van der Waals surface area contributed by atoms with Gasteiger partial charge in [0.25, 0.3) is 20.2 Å². The molecule has 0 amide bonds. The lowest BCUT2D eigenvalue weighted by molar-refractivity contribution is -0.432. The van der Waals surface area contributed by atoms with E-state index in [1.807, 2.05) is 0 Å². The standard InChI is InChI=1S/C29H27ClN8O13S4.C16H14N4O7S2/c1-2-38(18-5-7-20(8-6-18)53(41,42)12-11-49-55(46,47)48)29-34-27(30)33-28(35-29)32-17-4-10-22(24(14-17)54(43,44)45)36-37-26-21(31)9-3-16-13-19(52-51-50-40)15-23(39)25(16)26;17-9-2-4-12(14(6-9)29(23,24)25)19-20-16-11(18)3-1-8-5-10(28-27-26-22)7-13(21)15(8)16/h3-10,13-15,39-40H,2,11-12,31H2,1H3,(H,43,44,45)(H,46,47,48)(H,32,33,34,35);1-7,21-22H,17-18H2,(H,23,24,25). The number of hydrogen-bond donors (Lipinski definition) is 11. The molecule has 84 heavy (non-hydrogen) atoms. The largest absolute Gasteiger partial charge is 0.507 e. The molecule has 0 bridgehead atoms. The predicted octanol–water partition coefficient (Wildman–Crippen LogP) is 9.35. The van der Waals surface area contributed by atoms with Gasteiger partial charge in [-0.25, -0.2) is 23.1 Å². The minimum atomic E-state index is -4.92. The fourth-order valence-corrected chi connectivity index (χ4v) is 11.3. The second-order valence-corrected chi connectivity index (χ2v) is 24.3. The highest BCUT2D eigenvalue weighted by atomic mass is 35.5. The van der Waals surface area contributed by atoms with Crippen molar-refractivity contribution in [2.75, 3.05) is 46.3 Å². The van der Waals surface area contributed by atoms with Crippen LogP contribution in [0.1, 0.15) is 6.92 Å². The molecule has 0 saturated heterocycles. The number of nitrogens with zero attached hydrogens (tertiary/aromatic N) is 8. The summed E-state index contributed by atoms with van der Waals surface area (Å²) >= 11 is 7.45. The van der Waals surface area contributed by atoms with Crippen molar-refractivity contribution >= 4 is 161 Å². The molecule has 14 N–H and O–H groups in total. The zero-order valence-corrected chi connectivity index (χ0v) is 47.7. The first kappa shape index (κ1) is 63.8. The van der Waals surface area contributed by atoms with Crippen LogP contribution in [-0.2, 0) is 63.4 Å². The van der Waals surface area contributed by atoms with E-state index in [4.69, 9.17) is 43.9 Å². The molecule has 1 heterocycles. The number of rotatable bonds is 22. The fraction of sp³-hybridized carbons (Fsp3) is 0.0889. The van der Waals surface area contributed by atoms with E-state index in [9.17, 15) is 53.0 Å². The highest BCUT2D eigenvalue weighted by molar-refractivity contribution is 7.94. The van der Waals surface area contributed by atoms with Crippen LogP contribution in [0.4, 0.5) is 63.1 Å².